The van der Waals surface area contributed by atoms with Crippen LogP contribution < -0.4 is 19.3 Å². The third-order valence-corrected chi connectivity index (χ3v) is 10.7. The Morgan fingerprint density at radius 3 is 1.82 bits per heavy atom. The minimum absolute atomic E-state index is 0.147. The Balaban J connectivity index is 1.37. The van der Waals surface area contributed by atoms with Gasteiger partial charge in [0.25, 0.3) is 0 Å². The van der Waals surface area contributed by atoms with Crippen LogP contribution in [0.4, 0.5) is 11.4 Å². The van der Waals surface area contributed by atoms with E-state index in [1.54, 1.807) is 54.6 Å². The average Bonchev–Trinajstić information content (AvgIpc) is 3.44. The smallest absolute Gasteiger partial charge is 0.238 e. The summed E-state index contributed by atoms with van der Waals surface area (Å²) < 4.78 is 12.7. The standard InChI is InChI=1S/C34H28Br2N2O7/c1-44-20-13-25(39)30(26(14-20)45-2)28-21-11-12-22-27(33(42)37(31(22)40)18-7-3-16(35)4-8-18)23(21)15-24-29(28)34(43)38(32(24)41)19-9-5-17(36)6-10-19/h3-11,13-14,22-24,27-29,39H,12,15H2,1-2H3/t22-,23+,24+,27-,28-,29+/m0/s1. The lowest BCUT2D eigenvalue weighted by Gasteiger charge is -2.44. The number of hydrogen-bond donors (Lipinski definition) is 1. The van der Waals surface area contributed by atoms with E-state index in [0.29, 0.717) is 34.9 Å². The number of anilines is 2. The number of hydrogen-bond acceptors (Lipinski definition) is 7. The highest BCUT2D eigenvalue weighted by Crippen LogP contribution is 2.60. The number of benzene rings is 3. The molecule has 0 radical (unpaired) electrons. The second-order valence-electron chi connectivity index (χ2n) is 11.8. The Kier molecular flexibility index (Phi) is 7.36. The highest BCUT2D eigenvalue weighted by molar-refractivity contribution is 9.10. The molecule has 0 unspecified atom stereocenters. The van der Waals surface area contributed by atoms with Crippen LogP contribution >= 0.6 is 31.9 Å². The molecule has 230 valence electrons. The van der Waals surface area contributed by atoms with Crippen LogP contribution in [0.5, 0.6) is 17.2 Å². The summed E-state index contributed by atoms with van der Waals surface area (Å²) in [6.07, 6.45) is 2.45. The van der Waals surface area contributed by atoms with E-state index in [1.807, 2.05) is 6.08 Å². The minimum atomic E-state index is -0.858. The monoisotopic (exact) mass is 734 g/mol. The molecule has 45 heavy (non-hydrogen) atoms. The van der Waals surface area contributed by atoms with E-state index in [9.17, 15) is 24.3 Å². The summed E-state index contributed by atoms with van der Waals surface area (Å²) in [4.78, 5) is 58.9. The number of ether oxygens (including phenoxy) is 2. The van der Waals surface area contributed by atoms with E-state index in [-0.39, 0.29) is 35.8 Å². The van der Waals surface area contributed by atoms with Crippen molar-refractivity contribution in [1.82, 2.24) is 0 Å². The number of aromatic hydroxyl groups is 1. The number of nitrogens with zero attached hydrogens (tertiary/aromatic N) is 2. The highest BCUT2D eigenvalue weighted by atomic mass is 79.9. The summed E-state index contributed by atoms with van der Waals surface area (Å²) in [5, 5.41) is 11.4. The maximum atomic E-state index is 14.3. The Hall–Kier alpha value is -3.96. The molecule has 11 heteroatoms. The van der Waals surface area contributed by atoms with Gasteiger partial charge in [0.05, 0.1) is 49.3 Å². The molecule has 9 nitrogen and oxygen atoms in total. The van der Waals surface area contributed by atoms with Crippen LogP contribution in [-0.4, -0.2) is 43.0 Å². The van der Waals surface area contributed by atoms with Crippen LogP contribution in [0.2, 0.25) is 0 Å². The van der Waals surface area contributed by atoms with Crippen LogP contribution in [0.15, 0.2) is 81.3 Å². The fraction of sp³-hybridized carbons (Fsp3) is 0.294. The Morgan fingerprint density at radius 1 is 0.711 bits per heavy atom. The third-order valence-electron chi connectivity index (χ3n) is 9.68. The maximum absolute atomic E-state index is 14.3. The van der Waals surface area contributed by atoms with Gasteiger partial charge in [-0.1, -0.05) is 43.5 Å². The molecule has 2 aliphatic heterocycles. The van der Waals surface area contributed by atoms with Gasteiger partial charge in [-0.05, 0) is 67.3 Å². The zero-order valence-electron chi connectivity index (χ0n) is 24.3. The summed E-state index contributed by atoms with van der Waals surface area (Å²) in [6.45, 7) is 0. The van der Waals surface area contributed by atoms with Gasteiger partial charge in [-0.2, -0.15) is 0 Å². The molecule has 2 heterocycles. The van der Waals surface area contributed by atoms with Crippen LogP contribution in [0, 0.1) is 29.6 Å². The fourth-order valence-corrected chi connectivity index (χ4v) is 8.31. The van der Waals surface area contributed by atoms with Gasteiger partial charge in [0.15, 0.2) is 0 Å². The van der Waals surface area contributed by atoms with Crippen molar-refractivity contribution in [3.63, 3.8) is 0 Å². The fourth-order valence-electron chi connectivity index (χ4n) is 7.79. The summed E-state index contributed by atoms with van der Waals surface area (Å²) >= 11 is 6.82. The van der Waals surface area contributed by atoms with Crippen molar-refractivity contribution >= 4 is 66.9 Å². The van der Waals surface area contributed by atoms with Crippen molar-refractivity contribution in [2.24, 2.45) is 29.6 Å². The van der Waals surface area contributed by atoms with Gasteiger partial charge in [0, 0.05) is 32.6 Å². The van der Waals surface area contributed by atoms with Gasteiger partial charge >= 0.3 is 0 Å². The predicted octanol–water partition coefficient (Wildman–Crippen LogP) is 5.98. The zero-order chi connectivity index (χ0) is 31.7. The van der Waals surface area contributed by atoms with Gasteiger partial charge in [-0.3, -0.25) is 29.0 Å². The van der Waals surface area contributed by atoms with Gasteiger partial charge in [-0.15, -0.1) is 0 Å². The molecule has 4 amide bonds. The van der Waals surface area contributed by atoms with E-state index < -0.39 is 35.5 Å². The molecule has 3 aromatic rings. The number of methoxy groups -OCH3 is 2. The van der Waals surface area contributed by atoms with E-state index in [0.717, 1.165) is 14.5 Å². The van der Waals surface area contributed by atoms with E-state index in [1.165, 1.54) is 30.1 Å². The molecule has 6 atom stereocenters. The number of fused-ring (bicyclic) bond motifs is 4. The summed E-state index contributed by atoms with van der Waals surface area (Å²) in [5.41, 5.74) is 2.03. The topological polar surface area (TPSA) is 113 Å². The Bertz CT molecular complexity index is 1790. The molecule has 4 aliphatic rings. The second-order valence-corrected chi connectivity index (χ2v) is 13.6. The molecule has 0 aromatic heterocycles. The molecule has 0 bridgehead atoms. The molecule has 1 N–H and O–H groups in total. The van der Waals surface area contributed by atoms with Gasteiger partial charge in [0.1, 0.15) is 17.2 Å². The molecule has 3 aromatic carbocycles. The summed E-state index contributed by atoms with van der Waals surface area (Å²) in [7, 11) is 2.94. The van der Waals surface area contributed by atoms with Crippen molar-refractivity contribution in [2.45, 2.75) is 18.8 Å². The summed E-state index contributed by atoms with van der Waals surface area (Å²) in [6, 6.07) is 17.0. The Labute approximate surface area is 276 Å². The number of halogens is 2. The molecule has 2 aliphatic carbocycles. The quantitative estimate of drug-likeness (QED) is 0.254. The molecular weight excluding hydrogens is 708 g/mol. The lowest BCUT2D eigenvalue weighted by Crippen LogP contribution is -2.43. The Morgan fingerprint density at radius 2 is 1.27 bits per heavy atom. The van der Waals surface area contributed by atoms with Gasteiger partial charge in [0.2, 0.25) is 23.6 Å². The first kappa shape index (κ1) is 29.7. The number of amides is 4. The third kappa shape index (κ3) is 4.53. The number of rotatable bonds is 5. The first-order valence-electron chi connectivity index (χ1n) is 14.6. The zero-order valence-corrected chi connectivity index (χ0v) is 27.4. The van der Waals surface area contributed by atoms with Crippen LogP contribution in [0.1, 0.15) is 24.3 Å². The SMILES string of the molecule is COc1cc(O)c([C@H]2C3=CC[C@@H]4C(=O)N(c5ccc(Br)cc5)C(=O)[C@@H]4[C@@H]3C[C@H]3C(=O)N(c4ccc(Br)cc4)C(=O)[C@@H]23)c(OC)c1. The maximum Gasteiger partial charge on any atom is 0.238 e. The largest absolute Gasteiger partial charge is 0.507 e. The first-order valence-corrected chi connectivity index (χ1v) is 16.1. The molecule has 3 fully saturated rings. The van der Waals surface area contributed by atoms with Gasteiger partial charge < -0.3 is 14.6 Å². The minimum Gasteiger partial charge on any atom is -0.507 e. The first-order chi connectivity index (χ1) is 21.6. The van der Waals surface area contributed by atoms with Crippen molar-refractivity contribution in [3.8, 4) is 17.2 Å². The molecule has 1 saturated carbocycles. The van der Waals surface area contributed by atoms with Crippen molar-refractivity contribution < 1.29 is 33.8 Å². The lowest BCUT2D eigenvalue weighted by molar-refractivity contribution is -0.126. The number of phenolic OH excluding ortho intramolecular Hbond substituents is 1. The number of allylic oxidation sites excluding steroid dienone is 2. The molecular formula is C34H28Br2N2O7. The normalized spacial score (nSPS) is 27.2. The predicted molar refractivity (Wildman–Crippen MR) is 172 cm³/mol. The molecule has 7 rings (SSSR count). The van der Waals surface area contributed by atoms with Crippen molar-refractivity contribution in [1.29, 1.82) is 0 Å². The lowest BCUT2D eigenvalue weighted by atomic mass is 9.57. The second kappa shape index (κ2) is 11.1. The van der Waals surface area contributed by atoms with Crippen LogP contribution in [0.25, 0.3) is 0 Å². The number of imide groups is 2. The van der Waals surface area contributed by atoms with Crippen LogP contribution in [-0.2, 0) is 19.2 Å². The molecule has 0 spiro atoms. The van der Waals surface area contributed by atoms with Crippen molar-refractivity contribution in [3.05, 3.63) is 86.8 Å². The summed E-state index contributed by atoms with van der Waals surface area (Å²) in [5.74, 6) is -5.12. The average molecular weight is 736 g/mol. The van der Waals surface area contributed by atoms with Crippen LogP contribution in [0.3, 0.4) is 0 Å². The van der Waals surface area contributed by atoms with E-state index in [2.05, 4.69) is 31.9 Å². The van der Waals surface area contributed by atoms with E-state index in [4.69, 9.17) is 9.47 Å². The number of carbonyl (C=O) groups is 4. The molecule has 2 saturated heterocycles. The highest BCUT2D eigenvalue weighted by Gasteiger charge is 2.63. The number of carbonyl (C=O) groups excluding carboxylic acids is 4. The van der Waals surface area contributed by atoms with Gasteiger partial charge in [-0.25, -0.2) is 0 Å². The van der Waals surface area contributed by atoms with E-state index >= 15 is 0 Å². The van der Waals surface area contributed by atoms with Crippen molar-refractivity contribution in [2.75, 3.05) is 24.0 Å². The number of phenols is 1.